The van der Waals surface area contributed by atoms with Crippen LogP contribution < -0.4 is 14.2 Å². The van der Waals surface area contributed by atoms with Crippen LogP contribution in [0, 0.1) is 5.41 Å². The first-order valence-corrected chi connectivity index (χ1v) is 13.6. The maximum atomic E-state index is 13.3. The average Bonchev–Trinajstić information content (AvgIpc) is 2.98. The second-order valence-electron chi connectivity index (χ2n) is 10.5. The van der Waals surface area contributed by atoms with Gasteiger partial charge in [-0.05, 0) is 68.0 Å². The third-order valence-corrected chi connectivity index (χ3v) is 8.27. The molecule has 1 amide bonds. The highest BCUT2D eigenvalue weighted by atomic mass is 16.5. The molecule has 3 aromatic carbocycles. The van der Waals surface area contributed by atoms with Gasteiger partial charge in [-0.3, -0.25) is 9.69 Å². The van der Waals surface area contributed by atoms with Gasteiger partial charge in [-0.25, -0.2) is 0 Å². The third kappa shape index (κ3) is 5.81. The average molecular weight is 515 g/mol. The van der Waals surface area contributed by atoms with Crippen LogP contribution in [-0.2, 0) is 13.2 Å². The van der Waals surface area contributed by atoms with Crippen LogP contribution in [0.4, 0.5) is 0 Å². The highest BCUT2D eigenvalue weighted by Gasteiger charge is 2.39. The fourth-order valence-electron chi connectivity index (χ4n) is 5.85. The van der Waals surface area contributed by atoms with Gasteiger partial charge >= 0.3 is 0 Å². The number of carbonyl (C=O) groups is 1. The van der Waals surface area contributed by atoms with Crippen LogP contribution in [0.3, 0.4) is 0 Å². The molecule has 38 heavy (non-hydrogen) atoms. The second-order valence-corrected chi connectivity index (χ2v) is 10.5. The van der Waals surface area contributed by atoms with Crippen LogP contribution in [0.1, 0.15) is 47.2 Å². The van der Waals surface area contributed by atoms with Crippen LogP contribution in [0.5, 0.6) is 17.2 Å². The fourth-order valence-corrected chi connectivity index (χ4v) is 5.85. The highest BCUT2D eigenvalue weighted by molar-refractivity contribution is 5.97. The van der Waals surface area contributed by atoms with Crippen molar-refractivity contribution in [2.75, 3.05) is 40.4 Å². The van der Waals surface area contributed by atoms with E-state index >= 15 is 0 Å². The van der Waals surface area contributed by atoms with E-state index in [1.165, 1.54) is 24.0 Å². The van der Waals surface area contributed by atoms with E-state index in [9.17, 15) is 4.79 Å². The largest absolute Gasteiger partial charge is 0.493 e. The van der Waals surface area contributed by atoms with Gasteiger partial charge in [0.15, 0.2) is 11.5 Å². The quantitative estimate of drug-likeness (QED) is 0.380. The maximum Gasteiger partial charge on any atom is 0.257 e. The number of rotatable bonds is 8. The van der Waals surface area contributed by atoms with Gasteiger partial charge in [-0.15, -0.1) is 0 Å². The summed E-state index contributed by atoms with van der Waals surface area (Å²) in [7, 11) is 3.18. The lowest BCUT2D eigenvalue weighted by atomic mass is 9.71. The van der Waals surface area contributed by atoms with Gasteiger partial charge in [0.1, 0.15) is 12.4 Å². The zero-order valence-electron chi connectivity index (χ0n) is 22.5. The molecule has 0 saturated carbocycles. The third-order valence-electron chi connectivity index (χ3n) is 8.27. The summed E-state index contributed by atoms with van der Waals surface area (Å²) in [5, 5.41) is 0. The summed E-state index contributed by atoms with van der Waals surface area (Å²) >= 11 is 0. The Hall–Kier alpha value is -3.51. The monoisotopic (exact) mass is 514 g/mol. The minimum Gasteiger partial charge on any atom is -0.493 e. The summed E-state index contributed by atoms with van der Waals surface area (Å²) < 4.78 is 17.1. The summed E-state index contributed by atoms with van der Waals surface area (Å²) in [4.78, 5) is 17.9. The van der Waals surface area contributed by atoms with Crippen molar-refractivity contribution in [2.45, 2.75) is 38.8 Å². The molecule has 0 unspecified atom stereocenters. The summed E-state index contributed by atoms with van der Waals surface area (Å²) in [6, 6.07) is 24.2. The Kier molecular flexibility index (Phi) is 8.18. The Balaban J connectivity index is 1.14. The van der Waals surface area contributed by atoms with Crippen LogP contribution in [-0.4, -0.2) is 56.1 Å². The van der Waals surface area contributed by atoms with Crippen molar-refractivity contribution in [3.63, 3.8) is 0 Å². The van der Waals surface area contributed by atoms with Crippen LogP contribution in [0.2, 0.25) is 0 Å². The standard InChI is InChI=1S/C32H38N2O4/c1-36-29-14-8-12-27(30(29)37-2)31(35)34-21-17-32(18-22-34)15-19-33(20-16-32)23-26-11-6-7-13-28(26)38-24-25-9-4-3-5-10-25/h3-14H,15-24H2,1-2H3. The predicted octanol–water partition coefficient (Wildman–Crippen LogP) is 5.80. The Morgan fingerprint density at radius 2 is 1.42 bits per heavy atom. The van der Waals surface area contributed by atoms with Gasteiger partial charge in [0, 0.05) is 25.2 Å². The highest BCUT2D eigenvalue weighted by Crippen LogP contribution is 2.42. The van der Waals surface area contributed by atoms with Gasteiger partial charge < -0.3 is 19.1 Å². The number of nitrogens with zero attached hydrogens (tertiary/aromatic N) is 2. The number of piperidine rings is 2. The topological polar surface area (TPSA) is 51.2 Å². The molecular weight excluding hydrogens is 476 g/mol. The molecule has 5 rings (SSSR count). The molecule has 3 aromatic rings. The van der Waals surface area contributed by atoms with Gasteiger partial charge in [-0.2, -0.15) is 0 Å². The minimum absolute atomic E-state index is 0.0279. The Morgan fingerprint density at radius 3 is 2.13 bits per heavy atom. The Labute approximate surface area is 226 Å². The molecule has 0 radical (unpaired) electrons. The van der Waals surface area contributed by atoms with Crippen molar-refractivity contribution in [1.82, 2.24) is 9.80 Å². The molecule has 0 aliphatic carbocycles. The van der Waals surface area contributed by atoms with E-state index < -0.39 is 0 Å². The number of hydrogen-bond donors (Lipinski definition) is 0. The van der Waals surface area contributed by atoms with Gasteiger partial charge in [0.25, 0.3) is 5.91 Å². The Morgan fingerprint density at radius 1 is 0.763 bits per heavy atom. The molecule has 6 nitrogen and oxygen atoms in total. The molecule has 2 heterocycles. The molecule has 2 fully saturated rings. The van der Waals surface area contributed by atoms with Crippen molar-refractivity contribution in [2.24, 2.45) is 5.41 Å². The number of ether oxygens (including phenoxy) is 3. The number of methoxy groups -OCH3 is 2. The Bertz CT molecular complexity index is 1210. The molecule has 200 valence electrons. The van der Waals surface area contributed by atoms with E-state index in [4.69, 9.17) is 14.2 Å². The minimum atomic E-state index is 0.0279. The normalized spacial score (nSPS) is 17.3. The molecule has 6 heteroatoms. The molecule has 0 bridgehead atoms. The van der Waals surface area contributed by atoms with E-state index in [2.05, 4.69) is 35.2 Å². The summed E-state index contributed by atoms with van der Waals surface area (Å²) in [6.07, 6.45) is 4.44. The SMILES string of the molecule is COc1cccc(C(=O)N2CCC3(CCN(Cc4ccccc4OCc4ccccc4)CC3)CC2)c1OC. The zero-order valence-corrected chi connectivity index (χ0v) is 22.5. The smallest absolute Gasteiger partial charge is 0.257 e. The van der Waals surface area contributed by atoms with Crippen molar-refractivity contribution >= 4 is 5.91 Å². The molecule has 2 saturated heterocycles. The number of para-hydroxylation sites is 2. The van der Waals surface area contributed by atoms with Gasteiger partial charge in [-0.1, -0.05) is 54.6 Å². The van der Waals surface area contributed by atoms with Crippen molar-refractivity contribution in [3.8, 4) is 17.2 Å². The molecular formula is C32H38N2O4. The van der Waals surface area contributed by atoms with E-state index in [1.54, 1.807) is 14.2 Å². The van der Waals surface area contributed by atoms with Gasteiger partial charge in [0.05, 0.1) is 19.8 Å². The molecule has 0 N–H and O–H groups in total. The number of hydrogen-bond acceptors (Lipinski definition) is 5. The molecule has 0 aromatic heterocycles. The van der Waals surface area contributed by atoms with E-state index in [0.29, 0.717) is 29.1 Å². The molecule has 2 aliphatic heterocycles. The maximum absolute atomic E-state index is 13.3. The van der Waals surface area contributed by atoms with E-state index in [0.717, 1.165) is 51.3 Å². The lowest BCUT2D eigenvalue weighted by Gasteiger charge is -2.47. The number of likely N-dealkylation sites (tertiary alicyclic amines) is 2. The summed E-state index contributed by atoms with van der Waals surface area (Å²) in [6.45, 7) is 5.21. The number of carbonyl (C=O) groups excluding carboxylic acids is 1. The molecule has 0 atom stereocenters. The lowest BCUT2D eigenvalue weighted by Crippen LogP contribution is -2.48. The van der Waals surface area contributed by atoms with Crippen molar-refractivity contribution in [3.05, 3.63) is 89.5 Å². The summed E-state index contributed by atoms with van der Waals surface area (Å²) in [5.74, 6) is 2.10. The van der Waals surface area contributed by atoms with E-state index in [-0.39, 0.29) is 5.91 Å². The summed E-state index contributed by atoms with van der Waals surface area (Å²) in [5.41, 5.74) is 3.32. The first-order valence-electron chi connectivity index (χ1n) is 13.6. The first-order chi connectivity index (χ1) is 18.6. The predicted molar refractivity (Wildman–Crippen MR) is 149 cm³/mol. The van der Waals surface area contributed by atoms with Crippen LogP contribution in [0.15, 0.2) is 72.8 Å². The molecule has 2 aliphatic rings. The van der Waals surface area contributed by atoms with Crippen molar-refractivity contribution < 1.29 is 19.0 Å². The number of amides is 1. The fraction of sp³-hybridized carbons (Fsp3) is 0.406. The van der Waals surface area contributed by atoms with Crippen LogP contribution >= 0.6 is 0 Å². The van der Waals surface area contributed by atoms with Crippen molar-refractivity contribution in [1.29, 1.82) is 0 Å². The second kappa shape index (κ2) is 11.9. The zero-order chi connectivity index (χ0) is 26.4. The number of benzene rings is 3. The lowest BCUT2D eigenvalue weighted by molar-refractivity contribution is 0.0281. The molecule has 1 spiro atoms. The van der Waals surface area contributed by atoms with Crippen LogP contribution in [0.25, 0.3) is 0 Å². The van der Waals surface area contributed by atoms with Gasteiger partial charge in [0.2, 0.25) is 0 Å². The first kappa shape index (κ1) is 26.1. The van der Waals surface area contributed by atoms with E-state index in [1.807, 2.05) is 47.4 Å².